The molecule has 7 nitrogen and oxygen atoms in total. The van der Waals surface area contributed by atoms with Gasteiger partial charge in [0.2, 0.25) is 0 Å². The smallest absolute Gasteiger partial charge is 0.100 e. The Morgan fingerprint density at radius 1 is 0.969 bits per heavy atom. The second kappa shape index (κ2) is 8.07. The van der Waals surface area contributed by atoms with Crippen LogP contribution in [0.3, 0.4) is 0 Å². The van der Waals surface area contributed by atoms with Crippen molar-refractivity contribution in [1.82, 2.24) is 24.2 Å². The molecule has 2 fully saturated rings. The maximum Gasteiger partial charge on any atom is 0.100 e. The normalized spacial score (nSPS) is 17.7. The van der Waals surface area contributed by atoms with Crippen LogP contribution in [0, 0.1) is 5.92 Å². The van der Waals surface area contributed by atoms with E-state index in [1.54, 1.807) is 0 Å². The zero-order valence-electron chi connectivity index (χ0n) is 18.4. The summed E-state index contributed by atoms with van der Waals surface area (Å²) < 4.78 is 9.48. The van der Waals surface area contributed by atoms with E-state index in [0.29, 0.717) is 0 Å². The molecule has 0 N–H and O–H groups in total. The quantitative estimate of drug-likeness (QED) is 0.489. The molecule has 0 unspecified atom stereocenters. The lowest BCUT2D eigenvalue weighted by Crippen LogP contribution is -2.53. The second-order valence-electron chi connectivity index (χ2n) is 8.92. The van der Waals surface area contributed by atoms with E-state index in [1.165, 1.54) is 17.8 Å². The molecule has 32 heavy (non-hydrogen) atoms. The molecule has 0 radical (unpaired) electrons. The first-order valence-electron chi connectivity index (χ1n) is 11.3. The number of nitrogens with zero attached hydrogens (tertiary/aromatic N) is 6. The van der Waals surface area contributed by atoms with E-state index in [0.717, 1.165) is 67.6 Å². The molecule has 0 spiro atoms. The van der Waals surface area contributed by atoms with Crippen molar-refractivity contribution in [3.8, 4) is 16.8 Å². The van der Waals surface area contributed by atoms with Gasteiger partial charge in [0.15, 0.2) is 0 Å². The Bertz CT molecular complexity index is 1210. The van der Waals surface area contributed by atoms with Crippen LogP contribution in [0.1, 0.15) is 0 Å². The van der Waals surface area contributed by atoms with Crippen LogP contribution < -0.4 is 4.90 Å². The summed E-state index contributed by atoms with van der Waals surface area (Å²) in [5.74, 6) is 0.744. The van der Waals surface area contributed by atoms with E-state index in [2.05, 4.69) is 66.9 Å². The molecule has 0 amide bonds. The van der Waals surface area contributed by atoms with Gasteiger partial charge in [-0.25, -0.2) is 4.98 Å². The van der Waals surface area contributed by atoms with Gasteiger partial charge < -0.3 is 9.64 Å². The average Bonchev–Trinajstić information content (AvgIpc) is 3.43. The van der Waals surface area contributed by atoms with E-state index < -0.39 is 0 Å². The van der Waals surface area contributed by atoms with Crippen molar-refractivity contribution in [1.29, 1.82) is 0 Å². The van der Waals surface area contributed by atoms with Crippen molar-refractivity contribution in [2.24, 2.45) is 13.0 Å². The van der Waals surface area contributed by atoms with Crippen LogP contribution in [0.4, 0.5) is 5.69 Å². The lowest BCUT2D eigenvalue weighted by Gasteiger charge is -2.43. The summed E-state index contributed by atoms with van der Waals surface area (Å²) in [6, 6.07) is 15.2. The molecule has 0 atom stereocenters. The third kappa shape index (κ3) is 3.67. The minimum atomic E-state index is 0.744. The number of fused-ring (bicyclic) bond motifs is 1. The Morgan fingerprint density at radius 3 is 2.50 bits per heavy atom. The first kappa shape index (κ1) is 19.5. The van der Waals surface area contributed by atoms with Crippen molar-refractivity contribution in [2.45, 2.75) is 0 Å². The fraction of sp³-hybridized carbons (Fsp3) is 0.360. The highest BCUT2D eigenvalue weighted by Gasteiger charge is 2.29. The van der Waals surface area contributed by atoms with Crippen LogP contribution in [0.5, 0.6) is 0 Å². The van der Waals surface area contributed by atoms with Crippen LogP contribution >= 0.6 is 0 Å². The third-order valence-corrected chi connectivity index (χ3v) is 6.66. The summed E-state index contributed by atoms with van der Waals surface area (Å²) >= 11 is 0. The molecule has 4 aromatic rings. The van der Waals surface area contributed by atoms with Crippen molar-refractivity contribution in [2.75, 3.05) is 50.8 Å². The Labute approximate surface area is 187 Å². The van der Waals surface area contributed by atoms with Crippen LogP contribution in [0.25, 0.3) is 27.8 Å². The topological polar surface area (TPSA) is 51.4 Å². The molecule has 7 heteroatoms. The van der Waals surface area contributed by atoms with Gasteiger partial charge in [-0.05, 0) is 35.9 Å². The summed E-state index contributed by atoms with van der Waals surface area (Å²) in [7, 11) is 1.94. The summed E-state index contributed by atoms with van der Waals surface area (Å²) in [6.07, 6.45) is 5.85. The summed E-state index contributed by atoms with van der Waals surface area (Å²) in [6.45, 7) is 7.32. The van der Waals surface area contributed by atoms with Crippen LogP contribution in [0.2, 0.25) is 0 Å². The number of hydrogen-bond donors (Lipinski definition) is 0. The fourth-order valence-electron chi connectivity index (χ4n) is 4.83. The van der Waals surface area contributed by atoms with E-state index in [1.807, 2.05) is 30.5 Å². The number of imidazole rings is 1. The first-order valence-corrected chi connectivity index (χ1v) is 11.3. The summed E-state index contributed by atoms with van der Waals surface area (Å²) in [5.41, 5.74) is 6.86. The molecule has 2 aromatic heterocycles. The predicted octanol–water partition coefficient (Wildman–Crippen LogP) is 3.19. The van der Waals surface area contributed by atoms with Crippen molar-refractivity contribution in [3.63, 3.8) is 0 Å². The Kier molecular flexibility index (Phi) is 4.92. The van der Waals surface area contributed by atoms with Gasteiger partial charge in [-0.2, -0.15) is 5.10 Å². The van der Waals surface area contributed by atoms with Gasteiger partial charge in [-0.3, -0.25) is 14.1 Å². The average molecular weight is 429 g/mol. The number of rotatable bonds is 5. The number of ether oxygens (including phenoxy) is 1. The monoisotopic (exact) mass is 428 g/mol. The van der Waals surface area contributed by atoms with E-state index in [-0.39, 0.29) is 0 Å². The lowest BCUT2D eigenvalue weighted by molar-refractivity contribution is 0.0286. The molecule has 0 bridgehead atoms. The van der Waals surface area contributed by atoms with Gasteiger partial charge in [0.1, 0.15) is 6.33 Å². The van der Waals surface area contributed by atoms with Gasteiger partial charge in [-0.1, -0.05) is 12.1 Å². The van der Waals surface area contributed by atoms with E-state index in [4.69, 9.17) is 4.74 Å². The van der Waals surface area contributed by atoms with Gasteiger partial charge in [0.25, 0.3) is 0 Å². The fourth-order valence-corrected chi connectivity index (χ4v) is 4.83. The number of aryl methyl sites for hydroxylation is 1. The summed E-state index contributed by atoms with van der Waals surface area (Å²) in [5, 5.41) is 4.27. The lowest BCUT2D eigenvalue weighted by atomic mass is 9.98. The van der Waals surface area contributed by atoms with Crippen molar-refractivity contribution in [3.05, 3.63) is 61.2 Å². The van der Waals surface area contributed by atoms with Gasteiger partial charge >= 0.3 is 0 Å². The standard InChI is InChI=1S/C25H28N6O/c1-28-17-21(13-27-28)20-2-4-22(5-3-20)31-18-26-24-7-6-23(12-25(24)31)30-15-19(16-30)14-29-8-10-32-11-9-29/h2-7,12-13,17-19H,8-11,14-16H2,1H3. The molecule has 164 valence electrons. The molecule has 2 saturated heterocycles. The first-order chi connectivity index (χ1) is 15.7. The minimum absolute atomic E-state index is 0.744. The third-order valence-electron chi connectivity index (χ3n) is 6.66. The Morgan fingerprint density at radius 2 is 1.75 bits per heavy atom. The highest BCUT2D eigenvalue weighted by Crippen LogP contribution is 2.30. The molecular formula is C25H28N6O. The zero-order chi connectivity index (χ0) is 21.5. The molecule has 2 aromatic carbocycles. The predicted molar refractivity (Wildman–Crippen MR) is 126 cm³/mol. The maximum atomic E-state index is 5.47. The molecular weight excluding hydrogens is 400 g/mol. The molecule has 2 aliphatic rings. The summed E-state index contributed by atoms with van der Waals surface area (Å²) in [4.78, 5) is 9.65. The molecule has 0 aliphatic carbocycles. The highest BCUT2D eigenvalue weighted by atomic mass is 16.5. The second-order valence-corrected chi connectivity index (χ2v) is 8.92. The number of morpholine rings is 1. The zero-order valence-corrected chi connectivity index (χ0v) is 18.4. The highest BCUT2D eigenvalue weighted by molar-refractivity contribution is 5.82. The van der Waals surface area contributed by atoms with E-state index >= 15 is 0 Å². The number of hydrogen-bond acceptors (Lipinski definition) is 5. The van der Waals surface area contributed by atoms with Crippen LogP contribution in [-0.4, -0.2) is 70.2 Å². The number of anilines is 1. The van der Waals surface area contributed by atoms with Crippen molar-refractivity contribution < 1.29 is 4.74 Å². The Balaban J connectivity index is 1.19. The van der Waals surface area contributed by atoms with Crippen LogP contribution in [0.15, 0.2) is 61.2 Å². The number of benzene rings is 2. The van der Waals surface area contributed by atoms with E-state index in [9.17, 15) is 0 Å². The molecule has 6 rings (SSSR count). The maximum absolute atomic E-state index is 5.47. The SMILES string of the molecule is Cn1cc(-c2ccc(-n3cnc4ccc(N5CC(CN6CCOCC6)C5)cc43)cc2)cn1. The van der Waals surface area contributed by atoms with Crippen molar-refractivity contribution >= 4 is 16.7 Å². The largest absolute Gasteiger partial charge is 0.379 e. The number of aromatic nitrogens is 4. The molecule has 2 aliphatic heterocycles. The van der Waals surface area contributed by atoms with Gasteiger partial charge in [0, 0.05) is 68.8 Å². The Hall–Kier alpha value is -3.16. The minimum Gasteiger partial charge on any atom is -0.379 e. The van der Waals surface area contributed by atoms with Gasteiger partial charge in [0.05, 0.1) is 30.4 Å². The molecule has 0 saturated carbocycles. The van der Waals surface area contributed by atoms with Gasteiger partial charge in [-0.15, -0.1) is 0 Å². The molecule has 4 heterocycles. The van der Waals surface area contributed by atoms with Crippen LogP contribution in [-0.2, 0) is 11.8 Å².